The molecule has 9 heteroatoms. The normalized spacial score (nSPS) is 14.2. The number of aryl methyl sites for hydroxylation is 1. The molecule has 1 aromatic carbocycles. The van der Waals surface area contributed by atoms with E-state index in [-0.39, 0.29) is 17.8 Å². The summed E-state index contributed by atoms with van der Waals surface area (Å²) in [7, 11) is 1.39. The molecule has 184 valence electrons. The third kappa shape index (κ3) is 6.22. The van der Waals surface area contributed by atoms with Crippen LogP contribution in [-0.2, 0) is 20.7 Å². The zero-order valence-electron chi connectivity index (χ0n) is 20.6. The van der Waals surface area contributed by atoms with Gasteiger partial charge in [0, 0.05) is 50.4 Å². The molecule has 34 heavy (non-hydrogen) atoms. The number of piperazine rings is 1. The average Bonchev–Trinajstić information content (AvgIpc) is 3.14. The lowest BCUT2D eigenvalue weighted by Crippen LogP contribution is -2.51. The van der Waals surface area contributed by atoms with Crippen molar-refractivity contribution in [3.8, 4) is 5.69 Å². The zero-order chi connectivity index (χ0) is 24.7. The third-order valence-corrected chi connectivity index (χ3v) is 6.21. The van der Waals surface area contributed by atoms with Gasteiger partial charge in [0.1, 0.15) is 0 Å². The second-order valence-electron chi connectivity index (χ2n) is 8.60. The first-order valence-corrected chi connectivity index (χ1v) is 11.8. The smallest absolute Gasteiger partial charge is 0.305 e. The lowest BCUT2D eigenvalue weighted by molar-refractivity contribution is -0.140. The van der Waals surface area contributed by atoms with Crippen LogP contribution in [0.1, 0.15) is 47.1 Å². The fraction of sp³-hybridized carbons (Fsp3) is 0.520. The Hall–Kier alpha value is -3.20. The summed E-state index contributed by atoms with van der Waals surface area (Å²) in [6.45, 7) is 9.58. The zero-order valence-corrected chi connectivity index (χ0v) is 20.6. The van der Waals surface area contributed by atoms with E-state index in [1.807, 2.05) is 54.6 Å². The van der Waals surface area contributed by atoms with Gasteiger partial charge in [0.25, 0.3) is 5.91 Å². The molecule has 2 heterocycles. The monoisotopic (exact) mass is 469 g/mol. The molecule has 1 fully saturated rings. The minimum Gasteiger partial charge on any atom is -0.469 e. The maximum absolute atomic E-state index is 13.0. The van der Waals surface area contributed by atoms with Crippen molar-refractivity contribution in [2.45, 2.75) is 40.0 Å². The van der Waals surface area contributed by atoms with Gasteiger partial charge in [-0.05, 0) is 56.5 Å². The minimum atomic E-state index is -0.241. The number of carbonyl (C=O) groups excluding carboxylic acids is 3. The summed E-state index contributed by atoms with van der Waals surface area (Å²) in [4.78, 5) is 40.3. The Morgan fingerprint density at radius 1 is 1.06 bits per heavy atom. The van der Waals surface area contributed by atoms with E-state index in [4.69, 9.17) is 4.74 Å². The molecule has 1 saturated heterocycles. The van der Waals surface area contributed by atoms with Gasteiger partial charge >= 0.3 is 5.97 Å². The van der Waals surface area contributed by atoms with Crippen LogP contribution >= 0.6 is 0 Å². The van der Waals surface area contributed by atoms with Crippen LogP contribution in [0, 0.1) is 13.8 Å². The maximum atomic E-state index is 13.0. The highest BCUT2D eigenvalue weighted by Gasteiger charge is 2.23. The first kappa shape index (κ1) is 25.4. The van der Waals surface area contributed by atoms with E-state index < -0.39 is 0 Å². The summed E-state index contributed by atoms with van der Waals surface area (Å²) >= 11 is 0. The second kappa shape index (κ2) is 11.8. The van der Waals surface area contributed by atoms with Crippen LogP contribution in [0.15, 0.2) is 24.3 Å². The molecule has 0 atom stereocenters. The van der Waals surface area contributed by atoms with Gasteiger partial charge in [-0.3, -0.25) is 19.3 Å². The quantitative estimate of drug-likeness (QED) is 0.564. The minimum absolute atomic E-state index is 0.00577. The van der Waals surface area contributed by atoms with E-state index in [1.165, 1.54) is 7.11 Å². The van der Waals surface area contributed by atoms with Crippen molar-refractivity contribution in [1.82, 2.24) is 24.9 Å². The number of nitrogens with zero attached hydrogens (tertiary/aromatic N) is 4. The number of benzene rings is 1. The van der Waals surface area contributed by atoms with Crippen molar-refractivity contribution < 1.29 is 19.1 Å². The third-order valence-electron chi connectivity index (χ3n) is 6.21. The summed E-state index contributed by atoms with van der Waals surface area (Å²) in [6, 6.07) is 7.44. The molecule has 1 aliphatic rings. The standard InChI is InChI=1S/C25H35N5O4/c1-5-12-26-23(31)17-28-13-15-29(16-14-28)25(33)20-6-8-21(9-7-20)30-19(3)22(18(2)27-30)10-11-24(32)34-4/h6-9H,5,10-17H2,1-4H3,(H,26,31). The molecule has 0 radical (unpaired) electrons. The Morgan fingerprint density at radius 3 is 2.35 bits per heavy atom. The van der Waals surface area contributed by atoms with E-state index >= 15 is 0 Å². The van der Waals surface area contributed by atoms with Gasteiger partial charge in [-0.1, -0.05) is 6.92 Å². The molecule has 1 N–H and O–H groups in total. The number of amides is 2. The lowest BCUT2D eigenvalue weighted by Gasteiger charge is -2.34. The summed E-state index contributed by atoms with van der Waals surface area (Å²) in [5.41, 5.74) is 4.38. The van der Waals surface area contributed by atoms with Crippen molar-refractivity contribution >= 4 is 17.8 Å². The van der Waals surface area contributed by atoms with Crippen LogP contribution in [0.25, 0.3) is 5.69 Å². The maximum Gasteiger partial charge on any atom is 0.305 e. The van der Waals surface area contributed by atoms with Gasteiger partial charge in [-0.25, -0.2) is 4.68 Å². The molecule has 9 nitrogen and oxygen atoms in total. The molecule has 1 aromatic heterocycles. The molecule has 0 unspecified atom stereocenters. The molecular weight excluding hydrogens is 434 g/mol. The Labute approximate surface area is 201 Å². The van der Waals surface area contributed by atoms with Gasteiger partial charge in [0.15, 0.2) is 0 Å². The van der Waals surface area contributed by atoms with Crippen molar-refractivity contribution in [2.24, 2.45) is 0 Å². The Morgan fingerprint density at radius 2 is 1.74 bits per heavy atom. The van der Waals surface area contributed by atoms with E-state index in [9.17, 15) is 14.4 Å². The largest absolute Gasteiger partial charge is 0.469 e. The number of esters is 1. The Bertz CT molecular complexity index is 1010. The first-order valence-electron chi connectivity index (χ1n) is 11.8. The van der Waals surface area contributed by atoms with Crippen molar-refractivity contribution in [2.75, 3.05) is 46.4 Å². The Balaban J connectivity index is 1.59. The van der Waals surface area contributed by atoms with E-state index in [0.717, 1.165) is 29.1 Å². The number of ether oxygens (including phenoxy) is 1. The number of rotatable bonds is 9. The summed E-state index contributed by atoms with van der Waals surface area (Å²) in [6.07, 6.45) is 1.81. The van der Waals surface area contributed by atoms with Crippen LogP contribution in [0.4, 0.5) is 0 Å². The van der Waals surface area contributed by atoms with Crippen LogP contribution < -0.4 is 5.32 Å². The van der Waals surface area contributed by atoms with Crippen LogP contribution in [0.2, 0.25) is 0 Å². The number of aromatic nitrogens is 2. The molecule has 3 rings (SSSR count). The second-order valence-corrected chi connectivity index (χ2v) is 8.60. The highest BCUT2D eigenvalue weighted by Crippen LogP contribution is 2.20. The van der Waals surface area contributed by atoms with Gasteiger partial charge in [-0.15, -0.1) is 0 Å². The predicted molar refractivity (Wildman–Crippen MR) is 129 cm³/mol. The summed E-state index contributed by atoms with van der Waals surface area (Å²) in [5, 5.41) is 7.52. The SMILES string of the molecule is CCCNC(=O)CN1CCN(C(=O)c2ccc(-n3nc(C)c(CCC(=O)OC)c3C)cc2)CC1. The topological polar surface area (TPSA) is 96.8 Å². The highest BCUT2D eigenvalue weighted by molar-refractivity contribution is 5.94. The molecule has 2 amide bonds. The number of nitrogens with one attached hydrogen (secondary N) is 1. The van der Waals surface area contributed by atoms with Crippen molar-refractivity contribution in [3.05, 3.63) is 46.8 Å². The predicted octanol–water partition coefficient (Wildman–Crippen LogP) is 1.88. The molecule has 0 spiro atoms. The Kier molecular flexibility index (Phi) is 8.81. The lowest BCUT2D eigenvalue weighted by atomic mass is 10.1. The average molecular weight is 470 g/mol. The number of carbonyl (C=O) groups is 3. The molecule has 0 saturated carbocycles. The molecule has 0 bridgehead atoms. The van der Waals surface area contributed by atoms with Gasteiger partial charge in [0.05, 0.1) is 25.0 Å². The van der Waals surface area contributed by atoms with E-state index in [0.29, 0.717) is 57.7 Å². The van der Waals surface area contributed by atoms with Crippen molar-refractivity contribution in [1.29, 1.82) is 0 Å². The molecular formula is C25H35N5O4. The number of hydrogen-bond donors (Lipinski definition) is 1. The fourth-order valence-corrected chi connectivity index (χ4v) is 4.18. The van der Waals surface area contributed by atoms with Crippen LogP contribution in [0.3, 0.4) is 0 Å². The first-order chi connectivity index (χ1) is 16.3. The van der Waals surface area contributed by atoms with Crippen LogP contribution in [0.5, 0.6) is 0 Å². The van der Waals surface area contributed by atoms with Crippen LogP contribution in [-0.4, -0.2) is 83.7 Å². The molecule has 0 aliphatic carbocycles. The molecule has 1 aliphatic heterocycles. The van der Waals surface area contributed by atoms with E-state index in [2.05, 4.69) is 15.3 Å². The summed E-state index contributed by atoms with van der Waals surface area (Å²) in [5.74, 6) is -0.210. The number of methoxy groups -OCH3 is 1. The molecule has 2 aromatic rings. The van der Waals surface area contributed by atoms with Gasteiger partial charge in [-0.2, -0.15) is 5.10 Å². The number of hydrogen-bond acceptors (Lipinski definition) is 6. The van der Waals surface area contributed by atoms with Gasteiger partial charge < -0.3 is 15.0 Å². The fourth-order valence-electron chi connectivity index (χ4n) is 4.18. The van der Waals surface area contributed by atoms with Gasteiger partial charge in [0.2, 0.25) is 5.91 Å². The van der Waals surface area contributed by atoms with Crippen molar-refractivity contribution in [3.63, 3.8) is 0 Å². The summed E-state index contributed by atoms with van der Waals surface area (Å²) < 4.78 is 6.59. The highest BCUT2D eigenvalue weighted by atomic mass is 16.5. The van der Waals surface area contributed by atoms with E-state index in [1.54, 1.807) is 0 Å².